The number of nitrogens with one attached hydrogen (secondary N) is 1. The van der Waals surface area contributed by atoms with E-state index in [9.17, 15) is 9.59 Å². The van der Waals surface area contributed by atoms with Gasteiger partial charge >= 0.3 is 11.8 Å². The molecule has 1 saturated heterocycles. The first-order valence-electron chi connectivity index (χ1n) is 8.11. The number of fused-ring (bicyclic) bond motifs is 1. The predicted octanol–water partition coefficient (Wildman–Crippen LogP) is 2.51. The van der Waals surface area contributed by atoms with Gasteiger partial charge in [-0.15, -0.1) is 0 Å². The average molecular weight is 301 g/mol. The van der Waals surface area contributed by atoms with Crippen LogP contribution in [0.25, 0.3) is 0 Å². The predicted molar refractivity (Wildman–Crippen MR) is 84.3 cm³/mol. The van der Waals surface area contributed by atoms with Crippen molar-refractivity contribution in [3.63, 3.8) is 0 Å². The van der Waals surface area contributed by atoms with Gasteiger partial charge in [0.05, 0.1) is 11.9 Å². The molecule has 3 rings (SSSR count). The smallest absolute Gasteiger partial charge is 0.313 e. The second kappa shape index (κ2) is 6.07. The molecule has 118 valence electrons. The summed E-state index contributed by atoms with van der Waals surface area (Å²) in [7, 11) is 0. The number of carbonyl (C=O) groups is 2. The van der Waals surface area contributed by atoms with Crippen molar-refractivity contribution in [2.45, 2.75) is 58.0 Å². The van der Waals surface area contributed by atoms with Gasteiger partial charge in [0.25, 0.3) is 0 Å². The Morgan fingerprint density at radius 3 is 2.82 bits per heavy atom. The zero-order chi connectivity index (χ0) is 15.7. The molecule has 0 spiro atoms. The molecule has 5 nitrogen and oxygen atoms in total. The molecule has 2 fully saturated rings. The summed E-state index contributed by atoms with van der Waals surface area (Å²) in [5.74, 6) is -0.380. The quantitative estimate of drug-likeness (QED) is 0.811. The monoisotopic (exact) mass is 301 g/mol. The van der Waals surface area contributed by atoms with Crippen molar-refractivity contribution in [3.8, 4) is 0 Å². The summed E-state index contributed by atoms with van der Waals surface area (Å²) < 4.78 is 0. The highest BCUT2D eigenvalue weighted by atomic mass is 16.2. The largest absolute Gasteiger partial charge is 0.328 e. The van der Waals surface area contributed by atoms with Crippen LogP contribution in [0.3, 0.4) is 0 Å². The molecule has 1 aliphatic heterocycles. The number of aryl methyl sites for hydroxylation is 1. The van der Waals surface area contributed by atoms with E-state index in [1.807, 2.05) is 17.9 Å². The maximum absolute atomic E-state index is 12.6. The van der Waals surface area contributed by atoms with E-state index in [0.717, 1.165) is 24.8 Å². The fraction of sp³-hybridized carbons (Fsp3) is 0.588. The topological polar surface area (TPSA) is 62.3 Å². The van der Waals surface area contributed by atoms with Crippen molar-refractivity contribution < 1.29 is 9.59 Å². The van der Waals surface area contributed by atoms with Crippen LogP contribution in [0.4, 0.5) is 5.69 Å². The Morgan fingerprint density at radius 1 is 1.27 bits per heavy atom. The van der Waals surface area contributed by atoms with Gasteiger partial charge in [-0.2, -0.15) is 0 Å². The lowest BCUT2D eigenvalue weighted by molar-refractivity contribution is -0.145. The lowest BCUT2D eigenvalue weighted by Gasteiger charge is -2.32. The van der Waals surface area contributed by atoms with Crippen LogP contribution < -0.4 is 5.32 Å². The Bertz CT molecular complexity index is 587. The van der Waals surface area contributed by atoms with Gasteiger partial charge in [-0.1, -0.05) is 12.8 Å². The van der Waals surface area contributed by atoms with Crippen molar-refractivity contribution in [1.29, 1.82) is 0 Å². The normalized spacial score (nSPS) is 27.4. The van der Waals surface area contributed by atoms with Crippen LogP contribution in [-0.4, -0.2) is 33.8 Å². The first-order valence-corrected chi connectivity index (χ1v) is 8.11. The van der Waals surface area contributed by atoms with Crippen LogP contribution in [0.1, 0.15) is 44.6 Å². The molecule has 0 bridgehead atoms. The van der Waals surface area contributed by atoms with Crippen molar-refractivity contribution in [2.75, 3.05) is 5.32 Å². The molecule has 0 aromatic carbocycles. The Hall–Kier alpha value is -1.91. The lowest BCUT2D eigenvalue weighted by atomic mass is 9.85. The molecule has 5 heteroatoms. The highest BCUT2D eigenvalue weighted by molar-refractivity contribution is 6.39. The van der Waals surface area contributed by atoms with Gasteiger partial charge in [0, 0.05) is 18.3 Å². The molecule has 1 saturated carbocycles. The van der Waals surface area contributed by atoms with Gasteiger partial charge in [0.1, 0.15) is 0 Å². The lowest BCUT2D eigenvalue weighted by Crippen LogP contribution is -2.47. The molecule has 0 radical (unpaired) electrons. The standard InChI is InChI=1S/C17H23N3O2/c1-11-7-14(10-18-9-11)19-16(21)17(22)20-12(2)8-13-5-3-4-6-15(13)20/h7,9-10,12-13,15H,3-6,8H2,1-2H3,(H,19,21). The maximum atomic E-state index is 12.6. The Morgan fingerprint density at radius 2 is 2.05 bits per heavy atom. The van der Waals surface area contributed by atoms with Gasteiger partial charge in [-0.05, 0) is 50.7 Å². The minimum Gasteiger partial charge on any atom is -0.328 e. The second-order valence-corrected chi connectivity index (χ2v) is 6.61. The maximum Gasteiger partial charge on any atom is 0.313 e. The summed E-state index contributed by atoms with van der Waals surface area (Å²) in [4.78, 5) is 30.8. The molecule has 2 amide bonds. The van der Waals surface area contributed by atoms with Crippen molar-refractivity contribution >= 4 is 17.5 Å². The molecule has 2 heterocycles. The molecular formula is C17H23N3O2. The van der Waals surface area contributed by atoms with Gasteiger partial charge in [-0.25, -0.2) is 0 Å². The number of amides is 2. The second-order valence-electron chi connectivity index (χ2n) is 6.61. The first-order chi connectivity index (χ1) is 10.6. The third kappa shape index (κ3) is 2.85. The molecule has 1 aromatic rings. The highest BCUT2D eigenvalue weighted by Gasteiger charge is 2.44. The fourth-order valence-corrected chi connectivity index (χ4v) is 3.98. The molecule has 22 heavy (non-hydrogen) atoms. The van der Waals surface area contributed by atoms with Gasteiger partial charge in [0.15, 0.2) is 0 Å². The summed E-state index contributed by atoms with van der Waals surface area (Å²) in [5.41, 5.74) is 1.53. The Balaban J connectivity index is 1.71. The van der Waals surface area contributed by atoms with Crippen LogP contribution in [0, 0.1) is 12.8 Å². The third-order valence-corrected chi connectivity index (χ3v) is 4.91. The zero-order valence-corrected chi connectivity index (χ0v) is 13.2. The third-order valence-electron chi connectivity index (χ3n) is 4.91. The number of likely N-dealkylation sites (tertiary alicyclic amines) is 1. The molecule has 3 atom stereocenters. The molecular weight excluding hydrogens is 278 g/mol. The molecule has 3 unspecified atom stereocenters. The summed E-state index contributed by atoms with van der Waals surface area (Å²) in [6, 6.07) is 2.22. The van der Waals surface area contributed by atoms with E-state index in [0.29, 0.717) is 11.6 Å². The fourth-order valence-electron chi connectivity index (χ4n) is 3.98. The van der Waals surface area contributed by atoms with Crippen molar-refractivity contribution in [1.82, 2.24) is 9.88 Å². The van der Waals surface area contributed by atoms with E-state index in [2.05, 4.69) is 17.2 Å². The minimum absolute atomic E-state index is 0.155. The number of hydrogen-bond acceptors (Lipinski definition) is 3. The van der Waals surface area contributed by atoms with Gasteiger partial charge in [-0.3, -0.25) is 14.6 Å². The highest BCUT2D eigenvalue weighted by Crippen LogP contribution is 2.39. The van der Waals surface area contributed by atoms with E-state index in [-0.39, 0.29) is 12.1 Å². The molecule has 1 N–H and O–H groups in total. The van der Waals surface area contributed by atoms with E-state index in [1.165, 1.54) is 12.8 Å². The summed E-state index contributed by atoms with van der Waals surface area (Å²) in [5, 5.41) is 2.68. The minimum atomic E-state index is -0.550. The average Bonchev–Trinajstić information content (AvgIpc) is 2.82. The van der Waals surface area contributed by atoms with E-state index >= 15 is 0 Å². The molecule has 2 aliphatic rings. The molecule has 1 aromatic heterocycles. The molecule has 1 aliphatic carbocycles. The SMILES string of the molecule is Cc1cncc(NC(=O)C(=O)N2C(C)CC3CCCCC32)c1. The summed E-state index contributed by atoms with van der Waals surface area (Å²) >= 11 is 0. The Labute approximate surface area is 131 Å². The number of rotatable bonds is 1. The van der Waals surface area contributed by atoms with E-state index in [4.69, 9.17) is 0 Å². The van der Waals surface area contributed by atoms with Crippen LogP contribution in [0.15, 0.2) is 18.5 Å². The number of pyridine rings is 1. The number of hydrogen-bond donors (Lipinski definition) is 1. The van der Waals surface area contributed by atoms with Gasteiger partial charge in [0.2, 0.25) is 0 Å². The zero-order valence-electron chi connectivity index (χ0n) is 13.2. The number of anilines is 1. The van der Waals surface area contributed by atoms with Crippen LogP contribution in [-0.2, 0) is 9.59 Å². The number of nitrogens with zero attached hydrogens (tertiary/aromatic N) is 2. The number of aromatic nitrogens is 1. The Kier molecular flexibility index (Phi) is 4.14. The number of carbonyl (C=O) groups excluding carboxylic acids is 2. The van der Waals surface area contributed by atoms with Crippen LogP contribution >= 0.6 is 0 Å². The summed E-state index contributed by atoms with van der Waals surface area (Å²) in [6.07, 6.45) is 8.91. The first kappa shape index (κ1) is 15.0. The van der Waals surface area contributed by atoms with E-state index in [1.54, 1.807) is 12.4 Å². The van der Waals surface area contributed by atoms with Gasteiger partial charge < -0.3 is 10.2 Å². The van der Waals surface area contributed by atoms with Crippen LogP contribution in [0.2, 0.25) is 0 Å². The summed E-state index contributed by atoms with van der Waals surface area (Å²) in [6.45, 7) is 3.96. The van der Waals surface area contributed by atoms with Crippen molar-refractivity contribution in [2.24, 2.45) is 5.92 Å². The van der Waals surface area contributed by atoms with Crippen LogP contribution in [0.5, 0.6) is 0 Å². The van der Waals surface area contributed by atoms with Crippen molar-refractivity contribution in [3.05, 3.63) is 24.0 Å². The van der Waals surface area contributed by atoms with E-state index < -0.39 is 11.8 Å².